The van der Waals surface area contributed by atoms with Gasteiger partial charge in [0, 0.05) is 29.6 Å². The fourth-order valence-electron chi connectivity index (χ4n) is 3.51. The molecule has 0 amide bonds. The Labute approximate surface area is 142 Å². The zero-order valence-electron chi connectivity index (χ0n) is 14.7. The number of hydrogen-bond donors (Lipinski definition) is 0. The number of aromatic nitrogens is 1. The van der Waals surface area contributed by atoms with Gasteiger partial charge in [0.05, 0.1) is 13.5 Å². The van der Waals surface area contributed by atoms with Crippen LogP contribution in [0.15, 0.2) is 48.5 Å². The van der Waals surface area contributed by atoms with Crippen LogP contribution >= 0.6 is 0 Å². The van der Waals surface area contributed by atoms with E-state index in [-0.39, 0.29) is 11.9 Å². The third-order valence-corrected chi connectivity index (χ3v) is 4.84. The number of hydrogen-bond acceptors (Lipinski definition) is 2. The number of ether oxygens (including phenoxy) is 1. The topological polar surface area (TPSA) is 31.2 Å². The van der Waals surface area contributed by atoms with Crippen LogP contribution in [0.5, 0.6) is 0 Å². The van der Waals surface area contributed by atoms with Crippen molar-refractivity contribution >= 4 is 16.9 Å². The molecule has 24 heavy (non-hydrogen) atoms. The number of para-hydroxylation sites is 1. The van der Waals surface area contributed by atoms with E-state index in [1.165, 1.54) is 34.8 Å². The highest BCUT2D eigenvalue weighted by molar-refractivity contribution is 5.87. The van der Waals surface area contributed by atoms with Crippen LogP contribution in [0, 0.1) is 13.8 Å². The second kappa shape index (κ2) is 6.52. The third-order valence-electron chi connectivity index (χ3n) is 4.84. The van der Waals surface area contributed by atoms with E-state index in [4.69, 9.17) is 4.74 Å². The Morgan fingerprint density at radius 3 is 2.58 bits per heavy atom. The Hall–Kier alpha value is -2.55. The predicted molar refractivity (Wildman–Crippen MR) is 97.3 cm³/mol. The van der Waals surface area contributed by atoms with Crippen molar-refractivity contribution in [3.8, 4) is 0 Å². The van der Waals surface area contributed by atoms with Gasteiger partial charge in [-0.2, -0.15) is 0 Å². The highest BCUT2D eigenvalue weighted by Gasteiger charge is 2.25. The molecule has 1 heterocycles. The van der Waals surface area contributed by atoms with Crippen LogP contribution in [0.1, 0.15) is 34.7 Å². The Bertz CT molecular complexity index is 892. The number of fused-ring (bicyclic) bond motifs is 1. The SMILES string of the molecule is COC(=O)CC(c1cccc(C)c1)c1c(C)n(C)c2ccccc12. The number of methoxy groups -OCH3 is 1. The van der Waals surface area contributed by atoms with Crippen molar-refractivity contribution in [2.45, 2.75) is 26.2 Å². The summed E-state index contributed by atoms with van der Waals surface area (Å²) in [5.74, 6) is -0.197. The Morgan fingerprint density at radius 2 is 1.88 bits per heavy atom. The first kappa shape index (κ1) is 16.3. The summed E-state index contributed by atoms with van der Waals surface area (Å²) >= 11 is 0. The second-order valence-corrected chi connectivity index (χ2v) is 6.32. The van der Waals surface area contributed by atoms with Crippen LogP contribution in [0.25, 0.3) is 10.9 Å². The zero-order valence-corrected chi connectivity index (χ0v) is 14.7. The number of benzene rings is 2. The van der Waals surface area contributed by atoms with Gasteiger partial charge in [0.15, 0.2) is 0 Å². The molecule has 0 aliphatic heterocycles. The zero-order chi connectivity index (χ0) is 17.3. The summed E-state index contributed by atoms with van der Waals surface area (Å²) in [5.41, 5.74) is 5.93. The molecule has 0 spiro atoms. The fraction of sp³-hybridized carbons (Fsp3) is 0.286. The van der Waals surface area contributed by atoms with E-state index < -0.39 is 0 Å². The Kier molecular flexibility index (Phi) is 4.43. The Morgan fingerprint density at radius 1 is 1.12 bits per heavy atom. The lowest BCUT2D eigenvalue weighted by Crippen LogP contribution is -2.11. The molecule has 0 aliphatic carbocycles. The number of nitrogens with zero attached hydrogens (tertiary/aromatic N) is 1. The molecule has 2 aromatic carbocycles. The summed E-state index contributed by atoms with van der Waals surface area (Å²) in [5, 5.41) is 1.20. The summed E-state index contributed by atoms with van der Waals surface area (Å²) in [6.07, 6.45) is 0.342. The summed E-state index contributed by atoms with van der Waals surface area (Å²) in [4.78, 5) is 12.1. The third kappa shape index (κ3) is 2.82. The van der Waals surface area contributed by atoms with Crippen molar-refractivity contribution in [1.29, 1.82) is 0 Å². The van der Waals surface area contributed by atoms with Gasteiger partial charge < -0.3 is 9.30 Å². The van der Waals surface area contributed by atoms with Crippen molar-refractivity contribution in [1.82, 2.24) is 4.57 Å². The van der Waals surface area contributed by atoms with Crippen molar-refractivity contribution in [3.05, 3.63) is 70.9 Å². The molecule has 124 valence electrons. The van der Waals surface area contributed by atoms with E-state index in [2.05, 4.69) is 67.9 Å². The number of rotatable bonds is 4. The molecule has 1 atom stereocenters. The van der Waals surface area contributed by atoms with Gasteiger partial charge in [0.1, 0.15) is 0 Å². The van der Waals surface area contributed by atoms with E-state index >= 15 is 0 Å². The minimum absolute atomic E-state index is 0.0107. The lowest BCUT2D eigenvalue weighted by Gasteiger charge is -2.18. The molecule has 0 radical (unpaired) electrons. The summed E-state index contributed by atoms with van der Waals surface area (Å²) in [6.45, 7) is 4.20. The van der Waals surface area contributed by atoms with E-state index in [1.54, 1.807) is 0 Å². The molecule has 0 fully saturated rings. The monoisotopic (exact) mass is 321 g/mol. The van der Waals surface area contributed by atoms with Gasteiger partial charge in [-0.1, -0.05) is 48.0 Å². The average Bonchev–Trinajstić information content (AvgIpc) is 2.84. The lowest BCUT2D eigenvalue weighted by molar-refractivity contribution is -0.140. The minimum Gasteiger partial charge on any atom is -0.469 e. The lowest BCUT2D eigenvalue weighted by atomic mass is 9.86. The number of aryl methyl sites for hydroxylation is 2. The van der Waals surface area contributed by atoms with Gasteiger partial charge in [-0.3, -0.25) is 4.79 Å². The van der Waals surface area contributed by atoms with Gasteiger partial charge >= 0.3 is 5.97 Å². The van der Waals surface area contributed by atoms with E-state index in [0.717, 1.165) is 5.56 Å². The maximum Gasteiger partial charge on any atom is 0.306 e. The number of carbonyl (C=O) groups excluding carboxylic acids is 1. The van der Waals surface area contributed by atoms with Crippen molar-refractivity contribution in [3.63, 3.8) is 0 Å². The molecule has 0 N–H and O–H groups in total. The summed E-state index contributed by atoms with van der Waals surface area (Å²) < 4.78 is 7.17. The molecule has 3 heteroatoms. The predicted octanol–water partition coefficient (Wildman–Crippen LogP) is 4.49. The van der Waals surface area contributed by atoms with Gasteiger partial charge in [-0.25, -0.2) is 0 Å². The highest BCUT2D eigenvalue weighted by atomic mass is 16.5. The smallest absolute Gasteiger partial charge is 0.306 e. The largest absolute Gasteiger partial charge is 0.469 e. The quantitative estimate of drug-likeness (QED) is 0.663. The molecule has 1 unspecified atom stereocenters. The normalized spacial score (nSPS) is 12.3. The van der Waals surface area contributed by atoms with E-state index in [0.29, 0.717) is 6.42 Å². The highest BCUT2D eigenvalue weighted by Crippen LogP contribution is 2.37. The molecule has 1 aromatic heterocycles. The summed E-state index contributed by atoms with van der Waals surface area (Å²) in [6, 6.07) is 16.7. The van der Waals surface area contributed by atoms with Gasteiger partial charge in [-0.05, 0) is 31.0 Å². The molecule has 3 rings (SSSR count). The molecule has 0 bridgehead atoms. The molecular formula is C21H23NO2. The standard InChI is InChI=1S/C21H23NO2/c1-14-8-7-9-16(12-14)18(13-20(23)24-4)21-15(2)22(3)19-11-6-5-10-17(19)21/h5-12,18H,13H2,1-4H3. The second-order valence-electron chi connectivity index (χ2n) is 6.32. The average molecular weight is 321 g/mol. The first-order valence-corrected chi connectivity index (χ1v) is 8.20. The van der Waals surface area contributed by atoms with Gasteiger partial charge in [-0.15, -0.1) is 0 Å². The maximum absolute atomic E-state index is 12.1. The first-order valence-electron chi connectivity index (χ1n) is 8.20. The number of esters is 1. The van der Waals surface area contributed by atoms with Gasteiger partial charge in [0.2, 0.25) is 0 Å². The van der Waals surface area contributed by atoms with Crippen LogP contribution in [0.2, 0.25) is 0 Å². The maximum atomic E-state index is 12.1. The van der Waals surface area contributed by atoms with Crippen molar-refractivity contribution in [2.75, 3.05) is 7.11 Å². The number of carbonyl (C=O) groups is 1. The van der Waals surface area contributed by atoms with Crippen LogP contribution < -0.4 is 0 Å². The van der Waals surface area contributed by atoms with E-state index in [1.807, 2.05) is 6.07 Å². The van der Waals surface area contributed by atoms with E-state index in [9.17, 15) is 4.79 Å². The first-order chi connectivity index (χ1) is 11.5. The van der Waals surface area contributed by atoms with Crippen LogP contribution in [-0.4, -0.2) is 17.6 Å². The Balaban J connectivity index is 2.23. The van der Waals surface area contributed by atoms with Crippen molar-refractivity contribution in [2.24, 2.45) is 7.05 Å². The molecule has 3 nitrogen and oxygen atoms in total. The molecular weight excluding hydrogens is 298 g/mol. The fourth-order valence-corrected chi connectivity index (χ4v) is 3.51. The molecule has 0 aliphatic rings. The van der Waals surface area contributed by atoms with Crippen LogP contribution in [0.3, 0.4) is 0 Å². The molecule has 0 saturated heterocycles. The van der Waals surface area contributed by atoms with Crippen LogP contribution in [-0.2, 0) is 16.6 Å². The molecule has 3 aromatic rings. The summed E-state index contributed by atoms with van der Waals surface area (Å²) in [7, 11) is 3.53. The minimum atomic E-state index is -0.186. The van der Waals surface area contributed by atoms with Gasteiger partial charge in [0.25, 0.3) is 0 Å². The van der Waals surface area contributed by atoms with Crippen molar-refractivity contribution < 1.29 is 9.53 Å². The van der Waals surface area contributed by atoms with Crippen LogP contribution in [0.4, 0.5) is 0 Å². The molecule has 0 saturated carbocycles.